The second-order valence-electron chi connectivity index (χ2n) is 8.77. The maximum absolute atomic E-state index is 12.4. The summed E-state index contributed by atoms with van der Waals surface area (Å²) in [7, 11) is 1.51. The van der Waals surface area contributed by atoms with E-state index >= 15 is 0 Å². The summed E-state index contributed by atoms with van der Waals surface area (Å²) < 4.78 is 22.1. The van der Waals surface area contributed by atoms with E-state index in [1.807, 2.05) is 6.07 Å². The van der Waals surface area contributed by atoms with Crippen LogP contribution in [0.25, 0.3) is 0 Å². The molecule has 1 saturated heterocycles. The summed E-state index contributed by atoms with van der Waals surface area (Å²) in [6.45, 7) is 6.80. The van der Waals surface area contributed by atoms with Crippen LogP contribution in [-0.4, -0.2) is 54.7 Å². The average molecular weight is 504 g/mol. The van der Waals surface area contributed by atoms with E-state index in [4.69, 9.17) is 30.5 Å². The Morgan fingerprint density at radius 3 is 2.43 bits per heavy atom. The van der Waals surface area contributed by atoms with Gasteiger partial charge in [0.05, 0.1) is 18.6 Å². The third-order valence-electron chi connectivity index (χ3n) is 6.82. The lowest BCUT2D eigenvalue weighted by molar-refractivity contribution is -0.280. The molecule has 2 aromatic rings. The number of hydrogen-bond acceptors (Lipinski definition) is 8. The third-order valence-corrected chi connectivity index (χ3v) is 7.13. The fraction of sp³-hybridized carbons (Fsp3) is 0.462. The van der Waals surface area contributed by atoms with Crippen molar-refractivity contribution in [3.63, 3.8) is 0 Å². The second-order valence-corrected chi connectivity index (χ2v) is 9.17. The first-order chi connectivity index (χ1) is 16.7. The van der Waals surface area contributed by atoms with Crippen LogP contribution >= 0.6 is 11.6 Å². The van der Waals surface area contributed by atoms with E-state index in [1.165, 1.54) is 7.11 Å². The number of esters is 2. The molecular formula is C26H30ClNO7. The summed E-state index contributed by atoms with van der Waals surface area (Å²) >= 11 is 6.27. The molecule has 35 heavy (non-hydrogen) atoms. The van der Waals surface area contributed by atoms with E-state index in [0.29, 0.717) is 34.7 Å². The number of methoxy groups -OCH3 is 1. The minimum atomic E-state index is -1.99. The lowest BCUT2D eigenvalue weighted by atomic mass is 9.72. The SMILES string of the molecule is CCN(CC)CCCC1(O)c2ccccc2OC2(CC1c1ccc(Cl)c(OC)c1)OC(=O)C(=O)O2. The fourth-order valence-electron chi connectivity index (χ4n) is 4.95. The Bertz CT molecular complexity index is 1090. The first-order valence-electron chi connectivity index (χ1n) is 11.8. The molecule has 0 saturated carbocycles. The molecule has 1 N–H and O–H groups in total. The van der Waals surface area contributed by atoms with Crippen LogP contribution in [0.15, 0.2) is 42.5 Å². The average Bonchev–Trinajstić information content (AvgIpc) is 3.07. The van der Waals surface area contributed by atoms with E-state index in [1.54, 1.807) is 36.4 Å². The monoisotopic (exact) mass is 503 g/mol. The van der Waals surface area contributed by atoms with Gasteiger partial charge in [-0.1, -0.05) is 49.7 Å². The van der Waals surface area contributed by atoms with Crippen molar-refractivity contribution < 1.29 is 33.6 Å². The number of para-hydroxylation sites is 1. The van der Waals surface area contributed by atoms with Gasteiger partial charge in [-0.2, -0.15) is 0 Å². The third kappa shape index (κ3) is 4.83. The van der Waals surface area contributed by atoms with Crippen molar-refractivity contribution in [3.8, 4) is 11.5 Å². The van der Waals surface area contributed by atoms with Crippen molar-refractivity contribution in [2.45, 2.75) is 50.6 Å². The van der Waals surface area contributed by atoms with Gasteiger partial charge in [-0.25, -0.2) is 9.59 Å². The molecule has 8 nitrogen and oxygen atoms in total. The van der Waals surface area contributed by atoms with Crippen LogP contribution in [-0.2, 0) is 24.7 Å². The number of rotatable bonds is 8. The van der Waals surface area contributed by atoms with Gasteiger partial charge in [0.2, 0.25) is 0 Å². The van der Waals surface area contributed by atoms with Crippen LogP contribution in [0, 0.1) is 0 Å². The maximum atomic E-state index is 12.4. The Kier molecular flexibility index (Phi) is 7.26. The zero-order chi connectivity index (χ0) is 25.2. The maximum Gasteiger partial charge on any atom is 0.423 e. The van der Waals surface area contributed by atoms with Crippen molar-refractivity contribution in [1.82, 2.24) is 4.90 Å². The number of fused-ring (bicyclic) bond motifs is 1. The Morgan fingerprint density at radius 2 is 1.77 bits per heavy atom. The summed E-state index contributed by atoms with van der Waals surface area (Å²) in [5.74, 6) is -4.24. The van der Waals surface area contributed by atoms with E-state index in [0.717, 1.165) is 19.6 Å². The van der Waals surface area contributed by atoms with Crippen molar-refractivity contribution in [2.75, 3.05) is 26.7 Å². The molecule has 188 valence electrons. The summed E-state index contributed by atoms with van der Waals surface area (Å²) in [6, 6.07) is 12.2. The zero-order valence-corrected chi connectivity index (χ0v) is 20.8. The van der Waals surface area contributed by atoms with Crippen molar-refractivity contribution in [2.24, 2.45) is 0 Å². The van der Waals surface area contributed by atoms with Crippen molar-refractivity contribution in [3.05, 3.63) is 58.6 Å². The van der Waals surface area contributed by atoms with Crippen LogP contribution in [0.5, 0.6) is 11.5 Å². The normalized spacial score (nSPS) is 22.9. The summed E-state index contributed by atoms with van der Waals surface area (Å²) in [6.07, 6.45) is 0.962. The first kappa shape index (κ1) is 25.3. The van der Waals surface area contributed by atoms with Crippen molar-refractivity contribution >= 4 is 23.5 Å². The minimum Gasteiger partial charge on any atom is -0.495 e. The summed E-state index contributed by atoms with van der Waals surface area (Å²) in [4.78, 5) is 26.4. The molecular weight excluding hydrogens is 474 g/mol. The Labute approximate surface area is 209 Å². The predicted molar refractivity (Wildman–Crippen MR) is 128 cm³/mol. The molecule has 9 heteroatoms. The van der Waals surface area contributed by atoms with Gasteiger partial charge in [-0.05, 0) is 56.2 Å². The minimum absolute atomic E-state index is 0.119. The number of nitrogens with zero attached hydrogens (tertiary/aromatic N) is 1. The first-order valence-corrected chi connectivity index (χ1v) is 12.2. The quantitative estimate of drug-likeness (QED) is 0.427. The molecule has 0 bridgehead atoms. The van der Waals surface area contributed by atoms with E-state index < -0.39 is 29.4 Å². The van der Waals surface area contributed by atoms with Crippen LogP contribution in [0.4, 0.5) is 0 Å². The topological polar surface area (TPSA) is 94.5 Å². The van der Waals surface area contributed by atoms with Crippen molar-refractivity contribution in [1.29, 1.82) is 0 Å². The Morgan fingerprint density at radius 1 is 1.09 bits per heavy atom. The molecule has 0 radical (unpaired) electrons. The summed E-state index contributed by atoms with van der Waals surface area (Å²) in [5, 5.41) is 12.8. The van der Waals surface area contributed by atoms with Gasteiger partial charge in [-0.3, -0.25) is 0 Å². The van der Waals surface area contributed by atoms with Gasteiger partial charge >= 0.3 is 17.9 Å². The molecule has 1 spiro atoms. The molecule has 2 atom stereocenters. The highest BCUT2D eigenvalue weighted by Crippen LogP contribution is 2.53. The van der Waals surface area contributed by atoms with E-state index in [-0.39, 0.29) is 12.2 Å². The number of halogens is 1. The number of carbonyl (C=O) groups excluding carboxylic acids is 2. The van der Waals surface area contributed by atoms with Crippen LogP contribution in [0.1, 0.15) is 50.2 Å². The fourth-order valence-corrected chi connectivity index (χ4v) is 5.14. The molecule has 4 rings (SSSR count). The van der Waals surface area contributed by atoms with E-state index in [2.05, 4.69) is 18.7 Å². The molecule has 2 aliphatic rings. The molecule has 0 amide bonds. The summed E-state index contributed by atoms with van der Waals surface area (Å²) in [5.41, 5.74) is -0.238. The van der Waals surface area contributed by atoms with Gasteiger partial charge in [-0.15, -0.1) is 0 Å². The van der Waals surface area contributed by atoms with Gasteiger partial charge in [0.1, 0.15) is 17.1 Å². The highest BCUT2D eigenvalue weighted by Gasteiger charge is 2.59. The molecule has 0 aromatic heterocycles. The van der Waals surface area contributed by atoms with Crippen LogP contribution in [0.3, 0.4) is 0 Å². The smallest absolute Gasteiger partial charge is 0.423 e. The number of benzene rings is 2. The van der Waals surface area contributed by atoms with Crippen LogP contribution < -0.4 is 9.47 Å². The van der Waals surface area contributed by atoms with Gasteiger partial charge in [0.25, 0.3) is 0 Å². The molecule has 2 unspecified atom stereocenters. The number of ether oxygens (including phenoxy) is 4. The second kappa shape index (κ2) is 10.0. The predicted octanol–water partition coefficient (Wildman–Crippen LogP) is 3.98. The molecule has 2 aliphatic heterocycles. The van der Waals surface area contributed by atoms with Gasteiger partial charge < -0.3 is 29.0 Å². The lowest BCUT2D eigenvalue weighted by Crippen LogP contribution is -2.41. The highest BCUT2D eigenvalue weighted by atomic mass is 35.5. The van der Waals surface area contributed by atoms with Crippen LogP contribution in [0.2, 0.25) is 5.02 Å². The van der Waals surface area contributed by atoms with Gasteiger partial charge in [0, 0.05) is 11.5 Å². The Balaban J connectivity index is 1.83. The number of carbonyl (C=O) groups is 2. The standard InChI is InChI=1S/C26H30ClNO7/c1-4-28(5-2)14-8-13-25(31)18-9-6-7-10-21(18)33-26(34-23(29)24(30)35-26)16-19(25)17-11-12-20(27)22(15-17)32-3/h6-7,9-12,15,19,31H,4-5,8,13-14,16H2,1-3H3. The molecule has 2 heterocycles. The largest absolute Gasteiger partial charge is 0.495 e. The highest BCUT2D eigenvalue weighted by molar-refractivity contribution is 6.32. The zero-order valence-electron chi connectivity index (χ0n) is 20.1. The number of aliphatic hydroxyl groups is 1. The van der Waals surface area contributed by atoms with E-state index in [9.17, 15) is 14.7 Å². The lowest BCUT2D eigenvalue weighted by Gasteiger charge is -2.37. The number of hydrogen-bond donors (Lipinski definition) is 1. The molecule has 1 fully saturated rings. The Hall–Kier alpha value is -2.81. The molecule has 0 aliphatic carbocycles. The van der Waals surface area contributed by atoms with Gasteiger partial charge in [0.15, 0.2) is 0 Å². The molecule has 2 aromatic carbocycles.